The summed E-state index contributed by atoms with van der Waals surface area (Å²) in [5.41, 5.74) is 1.50. The maximum absolute atomic E-state index is 12.0. The van der Waals surface area contributed by atoms with Crippen molar-refractivity contribution in [2.45, 2.75) is 13.8 Å². The zero-order chi connectivity index (χ0) is 16.6. The summed E-state index contributed by atoms with van der Waals surface area (Å²) in [6.45, 7) is 3.18. The molecule has 3 rings (SSSR count). The van der Waals surface area contributed by atoms with Crippen LogP contribution >= 0.6 is 0 Å². The molecule has 0 radical (unpaired) electrons. The third-order valence-electron chi connectivity index (χ3n) is 3.39. The van der Waals surface area contributed by atoms with Crippen molar-refractivity contribution >= 4 is 11.6 Å². The van der Waals surface area contributed by atoms with Crippen LogP contribution in [-0.2, 0) is 4.79 Å². The number of ether oxygens (including phenoxy) is 2. The lowest BCUT2D eigenvalue weighted by molar-refractivity contribution is -0.114. The maximum atomic E-state index is 12.0. The zero-order valence-electron chi connectivity index (χ0n) is 12.5. The molecule has 116 valence electrons. The number of pyridine rings is 1. The average molecular weight is 311 g/mol. The zero-order valence-corrected chi connectivity index (χ0v) is 12.5. The number of nitriles is 1. The second kappa shape index (κ2) is 5.50. The number of aromatic nitrogens is 1. The van der Waals surface area contributed by atoms with Crippen LogP contribution in [0.2, 0.25) is 0 Å². The number of benzene rings is 1. The minimum Gasteiger partial charge on any atom is -0.454 e. The second-order valence-corrected chi connectivity index (χ2v) is 5.11. The highest BCUT2D eigenvalue weighted by Gasteiger charge is 2.21. The maximum Gasteiger partial charge on any atom is 0.266 e. The van der Waals surface area contributed by atoms with E-state index in [1.54, 1.807) is 25.1 Å². The lowest BCUT2D eigenvalue weighted by Crippen LogP contribution is -2.14. The van der Waals surface area contributed by atoms with Gasteiger partial charge in [0, 0.05) is 29.8 Å². The van der Waals surface area contributed by atoms with Gasteiger partial charge in [0.15, 0.2) is 11.5 Å². The van der Waals surface area contributed by atoms with Gasteiger partial charge in [-0.1, -0.05) is 0 Å². The van der Waals surface area contributed by atoms with E-state index in [1.807, 2.05) is 6.07 Å². The summed E-state index contributed by atoms with van der Waals surface area (Å²) in [6.07, 6.45) is 0. The molecule has 2 heterocycles. The van der Waals surface area contributed by atoms with Gasteiger partial charge in [-0.05, 0) is 19.1 Å². The topological polar surface area (TPSA) is 104 Å². The van der Waals surface area contributed by atoms with Gasteiger partial charge in [-0.2, -0.15) is 5.26 Å². The van der Waals surface area contributed by atoms with Crippen molar-refractivity contribution in [2.75, 3.05) is 12.1 Å². The van der Waals surface area contributed by atoms with Crippen molar-refractivity contribution in [3.8, 4) is 28.7 Å². The van der Waals surface area contributed by atoms with E-state index in [0.717, 1.165) is 0 Å². The normalized spacial score (nSPS) is 11.9. The number of carbonyl (C=O) groups is 1. The Morgan fingerprint density at radius 1 is 1.26 bits per heavy atom. The Morgan fingerprint density at radius 2 is 1.96 bits per heavy atom. The van der Waals surface area contributed by atoms with Gasteiger partial charge in [-0.25, -0.2) is 0 Å². The van der Waals surface area contributed by atoms with Crippen LogP contribution in [0, 0.1) is 18.3 Å². The standard InChI is InChI=1S/C16H13N3O4/c1-8-3-10(12(6-17)16(21)18-8)11-4-14-15(23-7-22-14)5-13(11)19-9(2)20/h3-5H,7H2,1-2H3,(H,18,21)(H,19,20). The molecule has 0 fully saturated rings. The van der Waals surface area contributed by atoms with Gasteiger partial charge in [-0.3, -0.25) is 9.59 Å². The summed E-state index contributed by atoms with van der Waals surface area (Å²) in [5.74, 6) is 0.721. The Hall–Kier alpha value is -3.27. The minimum atomic E-state index is -0.478. The van der Waals surface area contributed by atoms with Gasteiger partial charge in [0.2, 0.25) is 12.7 Å². The van der Waals surface area contributed by atoms with E-state index >= 15 is 0 Å². The Labute approximate surface area is 131 Å². The number of rotatable bonds is 2. The number of nitrogens with zero attached hydrogens (tertiary/aromatic N) is 1. The molecule has 23 heavy (non-hydrogen) atoms. The quantitative estimate of drug-likeness (QED) is 0.881. The van der Waals surface area contributed by atoms with E-state index in [1.165, 1.54) is 6.92 Å². The number of anilines is 1. The highest BCUT2D eigenvalue weighted by molar-refractivity contribution is 5.96. The number of nitrogens with one attached hydrogen (secondary N) is 2. The first-order valence-corrected chi connectivity index (χ1v) is 6.85. The van der Waals surface area contributed by atoms with Gasteiger partial charge in [0.1, 0.15) is 11.6 Å². The first kappa shape index (κ1) is 14.7. The molecule has 0 aliphatic carbocycles. The molecule has 1 aromatic heterocycles. The fraction of sp³-hybridized carbons (Fsp3) is 0.188. The molecule has 0 bridgehead atoms. The third-order valence-corrected chi connectivity index (χ3v) is 3.39. The molecule has 1 amide bonds. The summed E-state index contributed by atoms with van der Waals surface area (Å²) in [5, 5.41) is 12.0. The van der Waals surface area contributed by atoms with Crippen LogP contribution in [0.3, 0.4) is 0 Å². The molecule has 0 saturated heterocycles. The Kier molecular flexibility index (Phi) is 3.50. The van der Waals surface area contributed by atoms with Crippen LogP contribution < -0.4 is 20.3 Å². The Balaban J connectivity index is 2.30. The van der Waals surface area contributed by atoms with Crippen LogP contribution in [-0.4, -0.2) is 17.7 Å². The van der Waals surface area contributed by atoms with Gasteiger partial charge < -0.3 is 19.8 Å². The van der Waals surface area contributed by atoms with E-state index in [-0.39, 0.29) is 18.3 Å². The fourth-order valence-electron chi connectivity index (χ4n) is 2.47. The summed E-state index contributed by atoms with van der Waals surface area (Å²) in [7, 11) is 0. The molecule has 0 saturated carbocycles. The number of fused-ring (bicyclic) bond motifs is 1. The van der Waals surface area contributed by atoms with Crippen molar-refractivity contribution in [1.82, 2.24) is 4.98 Å². The summed E-state index contributed by atoms with van der Waals surface area (Å²) >= 11 is 0. The second-order valence-electron chi connectivity index (χ2n) is 5.11. The largest absolute Gasteiger partial charge is 0.454 e. The number of aromatic amines is 1. The van der Waals surface area contributed by atoms with Crippen molar-refractivity contribution in [3.05, 3.63) is 39.8 Å². The highest BCUT2D eigenvalue weighted by Crippen LogP contribution is 2.41. The van der Waals surface area contributed by atoms with Crippen LogP contribution in [0.15, 0.2) is 23.0 Å². The molecular formula is C16H13N3O4. The van der Waals surface area contributed by atoms with Gasteiger partial charge >= 0.3 is 0 Å². The van der Waals surface area contributed by atoms with E-state index in [4.69, 9.17) is 9.47 Å². The van der Waals surface area contributed by atoms with Crippen LogP contribution in [0.1, 0.15) is 18.2 Å². The van der Waals surface area contributed by atoms with Crippen molar-refractivity contribution in [1.29, 1.82) is 5.26 Å². The molecule has 0 spiro atoms. The molecule has 2 N–H and O–H groups in total. The summed E-state index contributed by atoms with van der Waals surface area (Å²) in [4.78, 5) is 26.1. The number of aryl methyl sites for hydroxylation is 1. The number of hydrogen-bond acceptors (Lipinski definition) is 5. The SMILES string of the molecule is CC(=O)Nc1cc2c(cc1-c1cc(C)[nH]c(=O)c1C#N)OCO2. The number of hydrogen-bond donors (Lipinski definition) is 2. The van der Waals surface area contributed by atoms with Gasteiger partial charge in [0.05, 0.1) is 5.69 Å². The fourth-order valence-corrected chi connectivity index (χ4v) is 2.47. The summed E-state index contributed by atoms with van der Waals surface area (Å²) in [6, 6.07) is 6.87. The van der Waals surface area contributed by atoms with Crippen LogP contribution in [0.5, 0.6) is 11.5 Å². The van der Waals surface area contributed by atoms with Crippen molar-refractivity contribution in [2.24, 2.45) is 0 Å². The van der Waals surface area contributed by atoms with Crippen LogP contribution in [0.25, 0.3) is 11.1 Å². The highest BCUT2D eigenvalue weighted by atomic mass is 16.7. The molecule has 2 aromatic rings. The average Bonchev–Trinajstić information content (AvgIpc) is 2.92. The van der Waals surface area contributed by atoms with E-state index in [0.29, 0.717) is 34.0 Å². The molecule has 1 aromatic carbocycles. The smallest absolute Gasteiger partial charge is 0.266 e. The third kappa shape index (κ3) is 2.62. The summed E-state index contributed by atoms with van der Waals surface area (Å²) < 4.78 is 10.7. The molecule has 7 nitrogen and oxygen atoms in total. The lowest BCUT2D eigenvalue weighted by atomic mass is 9.98. The first-order valence-electron chi connectivity index (χ1n) is 6.85. The first-order chi connectivity index (χ1) is 11.0. The number of carbonyl (C=O) groups excluding carboxylic acids is 1. The molecule has 1 aliphatic heterocycles. The number of amides is 1. The van der Waals surface area contributed by atoms with Gasteiger partial charge in [-0.15, -0.1) is 0 Å². The molecule has 7 heteroatoms. The van der Waals surface area contributed by atoms with Crippen molar-refractivity contribution < 1.29 is 14.3 Å². The molecular weight excluding hydrogens is 298 g/mol. The predicted octanol–water partition coefficient (Wildman–Crippen LogP) is 1.91. The van der Waals surface area contributed by atoms with Crippen molar-refractivity contribution in [3.63, 3.8) is 0 Å². The minimum absolute atomic E-state index is 0.0268. The molecule has 0 unspecified atom stereocenters. The number of H-pyrrole nitrogens is 1. The van der Waals surface area contributed by atoms with Crippen LogP contribution in [0.4, 0.5) is 5.69 Å². The van der Waals surface area contributed by atoms with E-state index in [9.17, 15) is 14.9 Å². The monoisotopic (exact) mass is 311 g/mol. The van der Waals surface area contributed by atoms with E-state index < -0.39 is 5.56 Å². The molecule has 0 atom stereocenters. The van der Waals surface area contributed by atoms with E-state index in [2.05, 4.69) is 10.3 Å². The lowest BCUT2D eigenvalue weighted by Gasteiger charge is -2.13. The Bertz CT molecular complexity index is 909. The molecule has 1 aliphatic rings. The predicted molar refractivity (Wildman–Crippen MR) is 82.4 cm³/mol. The Morgan fingerprint density at radius 3 is 2.61 bits per heavy atom. The van der Waals surface area contributed by atoms with Gasteiger partial charge in [0.25, 0.3) is 5.56 Å².